The molecule has 16 heavy (non-hydrogen) atoms. The maximum atomic E-state index is 13.2. The first kappa shape index (κ1) is 13.1. The van der Waals surface area contributed by atoms with Gasteiger partial charge in [-0.05, 0) is 23.8 Å². The van der Waals surface area contributed by atoms with E-state index in [0.29, 0.717) is 0 Å². The van der Waals surface area contributed by atoms with Crippen molar-refractivity contribution in [2.24, 2.45) is 5.41 Å². The van der Waals surface area contributed by atoms with Crippen molar-refractivity contribution in [3.05, 3.63) is 35.9 Å². The Labute approximate surface area is 96.7 Å². The van der Waals surface area contributed by atoms with E-state index in [0.717, 1.165) is 12.5 Å². The summed E-state index contributed by atoms with van der Waals surface area (Å²) in [5.41, 5.74) is 0.845. The van der Waals surface area contributed by atoms with Gasteiger partial charge in [-0.1, -0.05) is 51.1 Å². The number of rotatable bonds is 3. The molecule has 0 aliphatic carbocycles. The second-order valence-corrected chi connectivity index (χ2v) is 5.60. The van der Waals surface area contributed by atoms with Crippen molar-refractivity contribution >= 4 is 0 Å². The molecule has 0 saturated heterocycles. The molecule has 1 aromatic rings. The van der Waals surface area contributed by atoms with Crippen molar-refractivity contribution in [2.75, 3.05) is 0 Å². The molecule has 0 spiro atoms. The molecule has 0 amide bonds. The molecule has 2 heteroatoms. The maximum absolute atomic E-state index is 13.2. The minimum atomic E-state index is -2.62. The lowest BCUT2D eigenvalue weighted by atomic mass is 9.73. The molecule has 0 radical (unpaired) electrons. The minimum absolute atomic E-state index is 0.0967. The highest BCUT2D eigenvalue weighted by atomic mass is 19.3. The molecular formula is C14H20F2. The molecule has 0 bridgehead atoms. The van der Waals surface area contributed by atoms with Gasteiger partial charge < -0.3 is 0 Å². The van der Waals surface area contributed by atoms with Crippen LogP contribution in [0.1, 0.15) is 45.6 Å². The zero-order chi connectivity index (χ0) is 12.4. The van der Waals surface area contributed by atoms with Gasteiger partial charge in [0.1, 0.15) is 0 Å². The molecule has 0 heterocycles. The summed E-state index contributed by atoms with van der Waals surface area (Å²) >= 11 is 0. The Morgan fingerprint density at radius 1 is 1.00 bits per heavy atom. The fourth-order valence-electron chi connectivity index (χ4n) is 1.97. The highest BCUT2D eigenvalue weighted by Crippen LogP contribution is 2.41. The topological polar surface area (TPSA) is 0 Å². The predicted octanol–water partition coefficient (Wildman–Crippen LogP) is 4.86. The van der Waals surface area contributed by atoms with Gasteiger partial charge in [0.25, 0.3) is 0 Å². The van der Waals surface area contributed by atoms with E-state index >= 15 is 0 Å². The summed E-state index contributed by atoms with van der Waals surface area (Å²) in [6.07, 6.45) is -0.0967. The van der Waals surface area contributed by atoms with E-state index in [4.69, 9.17) is 0 Å². The quantitative estimate of drug-likeness (QED) is 0.690. The SMILES string of the molecule is CC(F)(F)CC(c1ccccc1)C(C)(C)C. The van der Waals surface area contributed by atoms with Crippen LogP contribution < -0.4 is 0 Å². The molecule has 1 atom stereocenters. The highest BCUT2D eigenvalue weighted by Gasteiger charge is 2.34. The van der Waals surface area contributed by atoms with Crippen LogP contribution in [-0.2, 0) is 0 Å². The first-order valence-corrected chi connectivity index (χ1v) is 5.63. The van der Waals surface area contributed by atoms with Crippen LogP contribution in [0.5, 0.6) is 0 Å². The maximum Gasteiger partial charge on any atom is 0.246 e. The Bertz CT molecular complexity index is 317. The Hall–Kier alpha value is -0.920. The molecule has 0 aliphatic rings. The van der Waals surface area contributed by atoms with Crippen molar-refractivity contribution in [2.45, 2.75) is 46.0 Å². The third kappa shape index (κ3) is 3.92. The van der Waals surface area contributed by atoms with Crippen LogP contribution in [0.15, 0.2) is 30.3 Å². The van der Waals surface area contributed by atoms with E-state index in [1.54, 1.807) is 0 Å². The summed E-state index contributed by atoms with van der Waals surface area (Å²) < 4.78 is 26.4. The monoisotopic (exact) mass is 226 g/mol. The number of benzene rings is 1. The van der Waals surface area contributed by atoms with Gasteiger partial charge in [0.05, 0.1) is 0 Å². The molecule has 1 rings (SSSR count). The van der Waals surface area contributed by atoms with Gasteiger partial charge in [0.2, 0.25) is 5.92 Å². The van der Waals surface area contributed by atoms with E-state index in [1.165, 1.54) is 0 Å². The van der Waals surface area contributed by atoms with Crippen LogP contribution >= 0.6 is 0 Å². The van der Waals surface area contributed by atoms with Crippen LogP contribution in [-0.4, -0.2) is 5.92 Å². The lowest BCUT2D eigenvalue weighted by Crippen LogP contribution is -2.25. The second kappa shape index (κ2) is 4.52. The third-order valence-electron chi connectivity index (χ3n) is 2.81. The molecule has 0 aromatic heterocycles. The average Bonchev–Trinajstić information content (AvgIpc) is 2.13. The lowest BCUT2D eigenvalue weighted by molar-refractivity contribution is -0.00605. The van der Waals surface area contributed by atoms with Gasteiger partial charge in [-0.3, -0.25) is 0 Å². The van der Waals surface area contributed by atoms with Crippen LogP contribution in [0.4, 0.5) is 8.78 Å². The number of hydrogen-bond donors (Lipinski definition) is 0. The molecule has 0 aliphatic heterocycles. The average molecular weight is 226 g/mol. The summed E-state index contributed by atoms with van der Waals surface area (Å²) in [5, 5.41) is 0. The van der Waals surface area contributed by atoms with E-state index in [-0.39, 0.29) is 17.8 Å². The summed E-state index contributed by atoms with van der Waals surface area (Å²) in [4.78, 5) is 0. The van der Waals surface area contributed by atoms with Crippen molar-refractivity contribution in [1.82, 2.24) is 0 Å². The Morgan fingerprint density at radius 2 is 1.50 bits per heavy atom. The van der Waals surface area contributed by atoms with Crippen LogP contribution in [0.2, 0.25) is 0 Å². The number of halogens is 2. The predicted molar refractivity (Wildman–Crippen MR) is 63.9 cm³/mol. The van der Waals surface area contributed by atoms with Gasteiger partial charge in [0.15, 0.2) is 0 Å². The lowest BCUT2D eigenvalue weighted by Gasteiger charge is -2.33. The first-order valence-electron chi connectivity index (χ1n) is 5.63. The molecule has 0 N–H and O–H groups in total. The van der Waals surface area contributed by atoms with Gasteiger partial charge in [0, 0.05) is 6.42 Å². The molecule has 0 fully saturated rings. The van der Waals surface area contributed by atoms with Crippen molar-refractivity contribution < 1.29 is 8.78 Å². The molecule has 0 nitrogen and oxygen atoms in total. The van der Waals surface area contributed by atoms with E-state index in [1.807, 2.05) is 51.1 Å². The van der Waals surface area contributed by atoms with E-state index < -0.39 is 5.92 Å². The van der Waals surface area contributed by atoms with Crippen molar-refractivity contribution in [1.29, 1.82) is 0 Å². The summed E-state index contributed by atoms with van der Waals surface area (Å²) in [5.74, 6) is -2.73. The second-order valence-electron chi connectivity index (χ2n) is 5.60. The van der Waals surface area contributed by atoms with Crippen molar-refractivity contribution in [3.8, 4) is 0 Å². The summed E-state index contributed by atoms with van der Waals surface area (Å²) in [6, 6.07) is 9.58. The van der Waals surface area contributed by atoms with Crippen molar-refractivity contribution in [3.63, 3.8) is 0 Å². The molecular weight excluding hydrogens is 206 g/mol. The Kier molecular flexibility index (Phi) is 3.72. The zero-order valence-electron chi connectivity index (χ0n) is 10.4. The van der Waals surface area contributed by atoms with Gasteiger partial charge in [-0.2, -0.15) is 0 Å². The molecule has 90 valence electrons. The van der Waals surface area contributed by atoms with Gasteiger partial charge >= 0.3 is 0 Å². The molecule has 1 aromatic carbocycles. The fraction of sp³-hybridized carbons (Fsp3) is 0.571. The fourth-order valence-corrected chi connectivity index (χ4v) is 1.97. The molecule has 0 saturated carbocycles. The van der Waals surface area contributed by atoms with Crippen LogP contribution in [0.25, 0.3) is 0 Å². The van der Waals surface area contributed by atoms with Crippen LogP contribution in [0.3, 0.4) is 0 Å². The third-order valence-corrected chi connectivity index (χ3v) is 2.81. The molecule has 1 unspecified atom stereocenters. The number of alkyl halides is 2. The zero-order valence-corrected chi connectivity index (χ0v) is 10.4. The Balaban J connectivity index is 2.98. The standard InChI is InChI=1S/C14H20F2/c1-13(2,3)12(10-14(4,15)16)11-8-6-5-7-9-11/h5-9,12H,10H2,1-4H3. The van der Waals surface area contributed by atoms with Gasteiger partial charge in [-0.15, -0.1) is 0 Å². The number of hydrogen-bond acceptors (Lipinski definition) is 0. The van der Waals surface area contributed by atoms with E-state index in [9.17, 15) is 8.78 Å². The highest BCUT2D eigenvalue weighted by molar-refractivity contribution is 5.21. The van der Waals surface area contributed by atoms with Gasteiger partial charge in [-0.25, -0.2) is 8.78 Å². The Morgan fingerprint density at radius 3 is 1.88 bits per heavy atom. The summed E-state index contributed by atoms with van der Waals surface area (Å²) in [6.45, 7) is 7.03. The minimum Gasteiger partial charge on any atom is -0.207 e. The van der Waals surface area contributed by atoms with E-state index in [2.05, 4.69) is 0 Å². The first-order chi connectivity index (χ1) is 7.20. The summed E-state index contributed by atoms with van der Waals surface area (Å²) in [7, 11) is 0. The smallest absolute Gasteiger partial charge is 0.207 e. The normalized spacial score (nSPS) is 14.9. The van der Waals surface area contributed by atoms with Crippen LogP contribution in [0, 0.1) is 5.41 Å². The largest absolute Gasteiger partial charge is 0.246 e.